The minimum Gasteiger partial charge on any atom is -0.468 e. The molecule has 0 spiro atoms. The topological polar surface area (TPSA) is 84.3 Å². The number of anilines is 1. The monoisotopic (exact) mass is 261 g/mol. The highest BCUT2D eigenvalue weighted by atomic mass is 16.5. The normalized spacial score (nSPS) is 22.7. The molecular formula is C13H17N4O2+. The van der Waals surface area contributed by atoms with Crippen molar-refractivity contribution >= 4 is 23.3 Å². The van der Waals surface area contributed by atoms with E-state index in [4.69, 9.17) is 10.5 Å². The second-order valence-electron chi connectivity index (χ2n) is 5.04. The Morgan fingerprint density at radius 3 is 3.32 bits per heavy atom. The summed E-state index contributed by atoms with van der Waals surface area (Å²) >= 11 is 0. The molecule has 0 aliphatic heterocycles. The predicted octanol–water partition coefficient (Wildman–Crippen LogP) is 0.947. The molecule has 2 aromatic rings. The lowest BCUT2D eigenvalue weighted by molar-refractivity contribution is -0.354. The number of hydrogen-bond donors (Lipinski definition) is 1. The number of nitrogens with one attached hydrogen (secondary N) is 1. The van der Waals surface area contributed by atoms with Crippen molar-refractivity contribution in [2.45, 2.75) is 25.3 Å². The Bertz CT molecular complexity index is 595. The van der Waals surface area contributed by atoms with Crippen molar-refractivity contribution in [3.05, 3.63) is 18.6 Å². The lowest BCUT2D eigenvalue weighted by atomic mass is 10.1. The molecule has 1 saturated carbocycles. The van der Waals surface area contributed by atoms with Crippen LogP contribution in [-0.2, 0) is 9.53 Å². The summed E-state index contributed by atoms with van der Waals surface area (Å²) in [4.78, 5) is 17.4. The van der Waals surface area contributed by atoms with Crippen molar-refractivity contribution in [3.63, 3.8) is 0 Å². The van der Waals surface area contributed by atoms with Crippen molar-refractivity contribution in [2.75, 3.05) is 12.3 Å². The number of nitrogens with two attached hydrogens (primary N) is 1. The number of fused-ring (bicyclic) bond motifs is 1. The third-order valence-corrected chi connectivity index (χ3v) is 3.90. The quantitative estimate of drug-likeness (QED) is 0.830. The zero-order chi connectivity index (χ0) is 13.2. The summed E-state index contributed by atoms with van der Waals surface area (Å²) in [6, 6.07) is 2.42. The number of aromatic amines is 1. The van der Waals surface area contributed by atoms with Gasteiger partial charge < -0.3 is 10.5 Å². The Hall–Kier alpha value is -2.11. The first-order valence-corrected chi connectivity index (χ1v) is 6.47. The average Bonchev–Trinajstić information content (AvgIpc) is 3.02. The fourth-order valence-corrected chi connectivity index (χ4v) is 2.97. The zero-order valence-corrected chi connectivity index (χ0v) is 10.6. The molecule has 6 nitrogen and oxygen atoms in total. The van der Waals surface area contributed by atoms with Gasteiger partial charge in [-0.05, 0) is 31.2 Å². The zero-order valence-electron chi connectivity index (χ0n) is 10.6. The number of H-pyrrole nitrogens is 1. The van der Waals surface area contributed by atoms with Gasteiger partial charge in [-0.1, -0.05) is 4.98 Å². The number of carbonyl (C=O) groups excluding carboxylic acids is 1. The smallest absolute Gasteiger partial charge is 0.293 e. The van der Waals surface area contributed by atoms with E-state index in [0.717, 1.165) is 30.3 Å². The number of aromatic nitrogens is 3. The second kappa shape index (κ2) is 4.87. The maximum absolute atomic E-state index is 10.2. The summed E-state index contributed by atoms with van der Waals surface area (Å²) in [5.74, 6) is 0.998. The molecule has 0 radical (unpaired) electrons. The maximum atomic E-state index is 10.2. The van der Waals surface area contributed by atoms with Crippen LogP contribution in [-0.4, -0.2) is 22.6 Å². The molecule has 2 aromatic heterocycles. The van der Waals surface area contributed by atoms with Gasteiger partial charge in [0.1, 0.15) is 5.39 Å². The first kappa shape index (κ1) is 12.0. The predicted molar refractivity (Wildman–Crippen MR) is 69.1 cm³/mol. The molecular weight excluding hydrogens is 244 g/mol. The van der Waals surface area contributed by atoms with Gasteiger partial charge in [0.2, 0.25) is 17.8 Å². The lowest BCUT2D eigenvalue weighted by Gasteiger charge is -2.10. The number of nitrogen functional groups attached to an aromatic ring is 1. The maximum Gasteiger partial charge on any atom is 0.293 e. The Kier molecular flexibility index (Phi) is 3.06. The molecule has 2 heterocycles. The lowest BCUT2D eigenvalue weighted by Crippen LogP contribution is -2.14. The SMILES string of the molecule is Nc1nc[nH+]c2c1ccn2C1CCC(COC=O)C1. The minimum atomic E-state index is 0.427. The first-order valence-electron chi connectivity index (χ1n) is 6.47. The molecule has 6 heteroatoms. The summed E-state index contributed by atoms with van der Waals surface area (Å²) in [6.45, 7) is 1.05. The Morgan fingerprint density at radius 1 is 1.58 bits per heavy atom. The number of ether oxygens (including phenoxy) is 1. The van der Waals surface area contributed by atoms with Crippen LogP contribution in [0.2, 0.25) is 0 Å². The number of nitrogens with zero attached hydrogens (tertiary/aromatic N) is 2. The van der Waals surface area contributed by atoms with Crippen LogP contribution < -0.4 is 10.7 Å². The number of rotatable bonds is 4. The van der Waals surface area contributed by atoms with Crippen molar-refractivity contribution in [1.82, 2.24) is 9.55 Å². The number of carbonyl (C=O) groups is 1. The largest absolute Gasteiger partial charge is 0.468 e. The van der Waals surface area contributed by atoms with Crippen LogP contribution in [0.4, 0.5) is 5.82 Å². The van der Waals surface area contributed by atoms with E-state index >= 15 is 0 Å². The highest BCUT2D eigenvalue weighted by Gasteiger charge is 2.30. The summed E-state index contributed by atoms with van der Waals surface area (Å²) < 4.78 is 7.08. The van der Waals surface area contributed by atoms with Gasteiger partial charge in [0.05, 0.1) is 18.8 Å². The van der Waals surface area contributed by atoms with Crippen molar-refractivity contribution in [2.24, 2.45) is 5.92 Å². The van der Waals surface area contributed by atoms with Crippen LogP contribution in [0.1, 0.15) is 25.3 Å². The molecule has 2 unspecified atom stereocenters. The fourth-order valence-electron chi connectivity index (χ4n) is 2.97. The standard InChI is InChI=1S/C13H16N4O2/c14-12-11-3-4-17(13(11)16-7-15-12)10-2-1-9(5-10)6-19-8-18/h3-4,7-10H,1-2,5-6H2,(H2,14,15,16)/p+1. The second-order valence-corrected chi connectivity index (χ2v) is 5.04. The highest BCUT2D eigenvalue weighted by molar-refractivity contribution is 5.83. The van der Waals surface area contributed by atoms with Gasteiger partial charge in [-0.2, -0.15) is 0 Å². The van der Waals surface area contributed by atoms with E-state index in [0.29, 0.717) is 30.9 Å². The molecule has 0 aromatic carbocycles. The first-order chi connectivity index (χ1) is 9.29. The molecule has 0 amide bonds. The van der Waals surface area contributed by atoms with E-state index in [1.54, 1.807) is 6.33 Å². The Balaban J connectivity index is 1.82. The molecule has 0 saturated heterocycles. The number of hydrogen-bond acceptors (Lipinski definition) is 4. The summed E-state index contributed by atoms with van der Waals surface area (Å²) in [6.07, 6.45) is 6.86. The van der Waals surface area contributed by atoms with Gasteiger partial charge in [-0.3, -0.25) is 9.36 Å². The van der Waals surface area contributed by atoms with Gasteiger partial charge in [-0.15, -0.1) is 0 Å². The van der Waals surface area contributed by atoms with Crippen LogP contribution in [0.25, 0.3) is 11.0 Å². The Labute approximate surface area is 110 Å². The van der Waals surface area contributed by atoms with E-state index in [1.165, 1.54) is 0 Å². The van der Waals surface area contributed by atoms with Crippen molar-refractivity contribution < 1.29 is 14.5 Å². The third kappa shape index (κ3) is 2.14. The van der Waals surface area contributed by atoms with E-state index in [-0.39, 0.29) is 0 Å². The van der Waals surface area contributed by atoms with Gasteiger partial charge >= 0.3 is 0 Å². The van der Waals surface area contributed by atoms with Crippen molar-refractivity contribution in [3.8, 4) is 0 Å². The molecule has 19 heavy (non-hydrogen) atoms. The van der Waals surface area contributed by atoms with Gasteiger partial charge in [-0.25, -0.2) is 4.98 Å². The van der Waals surface area contributed by atoms with E-state index in [2.05, 4.69) is 14.5 Å². The van der Waals surface area contributed by atoms with E-state index in [1.807, 2.05) is 12.3 Å². The van der Waals surface area contributed by atoms with E-state index < -0.39 is 0 Å². The molecule has 2 atom stereocenters. The van der Waals surface area contributed by atoms with Crippen LogP contribution in [0.15, 0.2) is 18.6 Å². The molecule has 0 bridgehead atoms. The summed E-state index contributed by atoms with van der Waals surface area (Å²) in [7, 11) is 0. The summed E-state index contributed by atoms with van der Waals surface area (Å²) in [5, 5.41) is 0.954. The summed E-state index contributed by atoms with van der Waals surface area (Å²) in [5.41, 5.74) is 6.87. The van der Waals surface area contributed by atoms with Crippen LogP contribution in [0, 0.1) is 5.92 Å². The molecule has 1 aliphatic carbocycles. The molecule has 100 valence electrons. The van der Waals surface area contributed by atoms with Crippen LogP contribution in [0.5, 0.6) is 0 Å². The van der Waals surface area contributed by atoms with Gasteiger partial charge in [0.15, 0.2) is 0 Å². The molecule has 1 fully saturated rings. The highest BCUT2D eigenvalue weighted by Crippen LogP contribution is 2.36. The average molecular weight is 261 g/mol. The van der Waals surface area contributed by atoms with Crippen LogP contribution >= 0.6 is 0 Å². The molecule has 3 rings (SSSR count). The van der Waals surface area contributed by atoms with Crippen LogP contribution in [0.3, 0.4) is 0 Å². The Morgan fingerprint density at radius 2 is 2.47 bits per heavy atom. The van der Waals surface area contributed by atoms with Gasteiger partial charge in [0.25, 0.3) is 6.47 Å². The molecule has 1 aliphatic rings. The van der Waals surface area contributed by atoms with E-state index in [9.17, 15) is 4.79 Å². The third-order valence-electron chi connectivity index (χ3n) is 3.90. The van der Waals surface area contributed by atoms with Gasteiger partial charge in [0, 0.05) is 0 Å². The van der Waals surface area contributed by atoms with Crippen molar-refractivity contribution in [1.29, 1.82) is 0 Å². The fraction of sp³-hybridized carbons (Fsp3) is 0.462. The minimum absolute atomic E-state index is 0.427. The molecule has 3 N–H and O–H groups in total.